The Morgan fingerprint density at radius 1 is 1.03 bits per heavy atom. The van der Waals surface area contributed by atoms with Crippen LogP contribution >= 0.6 is 0 Å². The van der Waals surface area contributed by atoms with Crippen LogP contribution in [0.5, 0.6) is 0 Å². The minimum Gasteiger partial charge on any atom is -0.0998 e. The van der Waals surface area contributed by atoms with Gasteiger partial charge in [0.2, 0.25) is 0 Å². The minimum atomic E-state index is 0.517. The molecule has 0 spiro atoms. The Morgan fingerprint density at radius 3 is 2.37 bits per heavy atom. The van der Waals surface area contributed by atoms with E-state index in [0.29, 0.717) is 10.8 Å². The summed E-state index contributed by atoms with van der Waals surface area (Å²) in [5, 5.41) is 0. The lowest BCUT2D eigenvalue weighted by Crippen LogP contribution is -2.50. The van der Waals surface area contributed by atoms with Gasteiger partial charge in [0.15, 0.2) is 0 Å². The summed E-state index contributed by atoms with van der Waals surface area (Å²) in [6, 6.07) is 0. The largest absolute Gasteiger partial charge is 0.0998 e. The Balaban J connectivity index is 0.00000124. The zero-order chi connectivity index (χ0) is 22.3. The van der Waals surface area contributed by atoms with E-state index in [1.807, 2.05) is 19.4 Å². The van der Waals surface area contributed by atoms with E-state index in [0.717, 1.165) is 41.4 Å². The van der Waals surface area contributed by atoms with E-state index in [1.54, 1.807) is 0 Å². The molecule has 0 heteroatoms. The SMILES string of the molecule is C=C(C)C1CCC2C3CC=C4CC(CC(C)C(C)C)CCC4(C)C3CCC12C.CC. The zero-order valence-electron chi connectivity index (χ0n) is 21.7. The fraction of sp³-hybridized carbons (Fsp3) is 0.867. The monoisotopic (exact) mass is 412 g/mol. The van der Waals surface area contributed by atoms with Gasteiger partial charge < -0.3 is 0 Å². The molecule has 8 atom stereocenters. The highest BCUT2D eigenvalue weighted by Gasteiger charge is 2.58. The lowest BCUT2D eigenvalue weighted by molar-refractivity contribution is -0.0401. The van der Waals surface area contributed by atoms with Crippen LogP contribution in [0.1, 0.15) is 113 Å². The normalized spacial score (nSPS) is 43.5. The van der Waals surface area contributed by atoms with Crippen molar-refractivity contribution in [2.45, 2.75) is 113 Å². The molecule has 8 unspecified atom stereocenters. The Bertz CT molecular complexity index is 638. The zero-order valence-corrected chi connectivity index (χ0v) is 21.7. The maximum absolute atomic E-state index is 4.39. The first-order valence-electron chi connectivity index (χ1n) is 13.5. The molecule has 3 saturated carbocycles. The highest BCUT2D eigenvalue weighted by Crippen LogP contribution is 2.67. The second kappa shape index (κ2) is 9.15. The number of rotatable bonds is 4. The molecule has 0 aromatic rings. The number of hydrogen-bond acceptors (Lipinski definition) is 0. The van der Waals surface area contributed by atoms with E-state index in [1.165, 1.54) is 63.4 Å². The molecule has 0 saturated heterocycles. The van der Waals surface area contributed by atoms with Crippen LogP contribution in [0.4, 0.5) is 0 Å². The quantitative estimate of drug-likeness (QED) is 0.403. The molecule has 0 aromatic carbocycles. The number of fused-ring (bicyclic) bond motifs is 5. The summed E-state index contributed by atoms with van der Waals surface area (Å²) in [5.74, 6) is 6.28. The molecule has 0 N–H and O–H groups in total. The van der Waals surface area contributed by atoms with Crippen molar-refractivity contribution in [2.24, 2.45) is 52.3 Å². The van der Waals surface area contributed by atoms with E-state index in [2.05, 4.69) is 54.2 Å². The van der Waals surface area contributed by atoms with Gasteiger partial charge in [-0.05, 0) is 117 Å². The summed E-state index contributed by atoms with van der Waals surface area (Å²) < 4.78 is 0. The van der Waals surface area contributed by atoms with Crippen molar-refractivity contribution in [1.29, 1.82) is 0 Å². The summed E-state index contributed by atoms with van der Waals surface area (Å²) in [7, 11) is 0. The standard InChI is InChI=1S/C28H46.C2H6/c1-18(2)20(5)16-21-12-14-27(6)22(17-21)8-9-23-25-11-10-24(19(3)4)28(25,7)15-13-26(23)27;1-2/h8,18,20-21,23-26H,3,9-17H2,1-2,4-7H3;1-2H3. The first kappa shape index (κ1) is 24.1. The maximum atomic E-state index is 4.39. The summed E-state index contributed by atoms with van der Waals surface area (Å²) in [4.78, 5) is 0. The van der Waals surface area contributed by atoms with Gasteiger partial charge in [0, 0.05) is 0 Å². The fourth-order valence-electron chi connectivity index (χ4n) is 8.54. The van der Waals surface area contributed by atoms with Gasteiger partial charge in [-0.25, -0.2) is 0 Å². The molecule has 0 aliphatic heterocycles. The third-order valence-electron chi connectivity index (χ3n) is 10.6. The lowest BCUT2D eigenvalue weighted by Gasteiger charge is -2.58. The van der Waals surface area contributed by atoms with Gasteiger partial charge in [0.05, 0.1) is 0 Å². The van der Waals surface area contributed by atoms with E-state index in [9.17, 15) is 0 Å². The van der Waals surface area contributed by atoms with Gasteiger partial charge in [0.1, 0.15) is 0 Å². The van der Waals surface area contributed by atoms with Crippen LogP contribution < -0.4 is 0 Å². The van der Waals surface area contributed by atoms with Crippen LogP contribution in [0, 0.1) is 52.3 Å². The van der Waals surface area contributed by atoms with E-state index >= 15 is 0 Å². The van der Waals surface area contributed by atoms with Crippen molar-refractivity contribution in [3.63, 3.8) is 0 Å². The van der Waals surface area contributed by atoms with Gasteiger partial charge >= 0.3 is 0 Å². The molecule has 0 nitrogen and oxygen atoms in total. The molecule has 0 aromatic heterocycles. The maximum Gasteiger partial charge on any atom is -0.00851 e. The predicted molar refractivity (Wildman–Crippen MR) is 133 cm³/mol. The van der Waals surface area contributed by atoms with Crippen LogP contribution in [0.25, 0.3) is 0 Å². The number of allylic oxidation sites excluding steroid dienone is 3. The van der Waals surface area contributed by atoms with Crippen LogP contribution in [0.15, 0.2) is 23.8 Å². The van der Waals surface area contributed by atoms with Gasteiger partial charge in [-0.3, -0.25) is 0 Å². The second-order valence-electron chi connectivity index (χ2n) is 12.3. The second-order valence-corrected chi connectivity index (χ2v) is 12.3. The van der Waals surface area contributed by atoms with Gasteiger partial charge in [-0.1, -0.05) is 72.3 Å². The van der Waals surface area contributed by atoms with E-state index in [4.69, 9.17) is 0 Å². The van der Waals surface area contributed by atoms with Crippen molar-refractivity contribution in [3.8, 4) is 0 Å². The molecule has 172 valence electrons. The van der Waals surface area contributed by atoms with Crippen LogP contribution in [-0.4, -0.2) is 0 Å². The Morgan fingerprint density at radius 2 is 1.73 bits per heavy atom. The fourth-order valence-corrected chi connectivity index (χ4v) is 8.54. The van der Waals surface area contributed by atoms with Gasteiger partial charge in [-0.15, -0.1) is 0 Å². The Hall–Kier alpha value is -0.520. The molecular weight excluding hydrogens is 360 g/mol. The van der Waals surface area contributed by atoms with Crippen molar-refractivity contribution in [2.75, 3.05) is 0 Å². The molecule has 3 fully saturated rings. The summed E-state index contributed by atoms with van der Waals surface area (Å²) >= 11 is 0. The number of hydrogen-bond donors (Lipinski definition) is 0. The highest BCUT2D eigenvalue weighted by molar-refractivity contribution is 5.26. The average molecular weight is 413 g/mol. The van der Waals surface area contributed by atoms with Crippen molar-refractivity contribution < 1.29 is 0 Å². The lowest BCUT2D eigenvalue weighted by atomic mass is 9.46. The molecule has 30 heavy (non-hydrogen) atoms. The Labute approximate surface area is 189 Å². The highest BCUT2D eigenvalue weighted by atomic mass is 14.6. The molecule has 0 heterocycles. The smallest absolute Gasteiger partial charge is 0.00851 e. The average Bonchev–Trinajstić information content (AvgIpc) is 3.07. The first-order chi connectivity index (χ1) is 14.2. The molecule has 0 radical (unpaired) electrons. The van der Waals surface area contributed by atoms with E-state index < -0.39 is 0 Å². The predicted octanol–water partition coefficient (Wildman–Crippen LogP) is 9.47. The third kappa shape index (κ3) is 3.99. The summed E-state index contributed by atoms with van der Waals surface area (Å²) in [5.41, 5.74) is 4.39. The summed E-state index contributed by atoms with van der Waals surface area (Å²) in [6.07, 6.45) is 15.7. The Kier molecular flexibility index (Phi) is 7.36. The van der Waals surface area contributed by atoms with Crippen LogP contribution in [0.2, 0.25) is 0 Å². The molecular formula is C30H52. The van der Waals surface area contributed by atoms with Crippen molar-refractivity contribution in [3.05, 3.63) is 23.8 Å². The third-order valence-corrected chi connectivity index (χ3v) is 10.6. The van der Waals surface area contributed by atoms with Crippen molar-refractivity contribution in [1.82, 2.24) is 0 Å². The molecule has 4 aliphatic rings. The molecule has 0 bridgehead atoms. The van der Waals surface area contributed by atoms with Gasteiger partial charge in [0.25, 0.3) is 0 Å². The topological polar surface area (TPSA) is 0 Å². The van der Waals surface area contributed by atoms with Crippen LogP contribution in [0.3, 0.4) is 0 Å². The minimum absolute atomic E-state index is 0.517. The van der Waals surface area contributed by atoms with Gasteiger partial charge in [-0.2, -0.15) is 0 Å². The van der Waals surface area contributed by atoms with E-state index in [-0.39, 0.29) is 0 Å². The molecule has 4 aliphatic carbocycles. The van der Waals surface area contributed by atoms with Crippen molar-refractivity contribution >= 4 is 0 Å². The van der Waals surface area contributed by atoms with Crippen LogP contribution in [-0.2, 0) is 0 Å². The molecule has 0 amide bonds. The molecule has 4 rings (SSSR count). The first-order valence-corrected chi connectivity index (χ1v) is 13.5. The summed E-state index contributed by atoms with van der Waals surface area (Å²) in [6.45, 7) is 23.3.